The Morgan fingerprint density at radius 2 is 1.65 bits per heavy atom. The summed E-state index contributed by atoms with van der Waals surface area (Å²) < 4.78 is 5.27. The molecule has 0 saturated carbocycles. The van der Waals surface area contributed by atoms with Gasteiger partial charge in [0.1, 0.15) is 5.75 Å². The number of hydrogen-bond donors (Lipinski definition) is 1. The van der Waals surface area contributed by atoms with Gasteiger partial charge in [0.05, 0.1) is 13.7 Å². The van der Waals surface area contributed by atoms with Gasteiger partial charge >= 0.3 is 0 Å². The van der Waals surface area contributed by atoms with Crippen molar-refractivity contribution in [1.29, 1.82) is 0 Å². The predicted octanol–water partition coefficient (Wildman–Crippen LogP) is 6.39. The van der Waals surface area contributed by atoms with Crippen LogP contribution in [-0.4, -0.2) is 43.3 Å². The maximum atomic E-state index is 13.7. The molecule has 1 N–H and O–H groups in total. The van der Waals surface area contributed by atoms with Gasteiger partial charge in [-0.05, 0) is 92.2 Å². The number of likely N-dealkylation sites (tertiary alicyclic amines) is 1. The third-order valence-electron chi connectivity index (χ3n) is 7.26. The Balaban J connectivity index is 1.18. The lowest BCUT2D eigenvalue weighted by atomic mass is 10.1. The molecule has 3 aromatic carbocycles. The Bertz CT molecular complexity index is 1400. The zero-order valence-corrected chi connectivity index (χ0v) is 22.9. The summed E-state index contributed by atoms with van der Waals surface area (Å²) in [6.45, 7) is 3.51. The maximum absolute atomic E-state index is 13.7. The predicted molar refractivity (Wildman–Crippen MR) is 161 cm³/mol. The van der Waals surface area contributed by atoms with Gasteiger partial charge < -0.3 is 15.0 Å². The first-order chi connectivity index (χ1) is 19.6. The van der Waals surface area contributed by atoms with Gasteiger partial charge in [-0.1, -0.05) is 42.5 Å². The number of para-hydroxylation sites is 1. The molecule has 0 radical (unpaired) electrons. The van der Waals surface area contributed by atoms with Crippen molar-refractivity contribution in [3.63, 3.8) is 0 Å². The van der Waals surface area contributed by atoms with Crippen LogP contribution in [-0.2, 0) is 11.3 Å². The monoisotopic (exact) mass is 533 g/mol. The molecule has 1 aliphatic carbocycles. The van der Waals surface area contributed by atoms with Crippen LogP contribution in [0.25, 0.3) is 0 Å². The van der Waals surface area contributed by atoms with Gasteiger partial charge in [-0.25, -0.2) is 0 Å². The molecule has 5 rings (SSSR count). The molecule has 0 atom stereocenters. The summed E-state index contributed by atoms with van der Waals surface area (Å²) in [6, 6.07) is 25.0. The van der Waals surface area contributed by atoms with Gasteiger partial charge in [-0.15, -0.1) is 0 Å². The fourth-order valence-electron chi connectivity index (χ4n) is 5.01. The number of ketones is 1. The van der Waals surface area contributed by atoms with Crippen LogP contribution in [0, 0.1) is 0 Å². The van der Waals surface area contributed by atoms with Crippen molar-refractivity contribution >= 4 is 23.1 Å². The van der Waals surface area contributed by atoms with Crippen LogP contribution in [0.15, 0.2) is 114 Å². The smallest absolute Gasteiger partial charge is 0.254 e. The topological polar surface area (TPSA) is 61.9 Å². The fraction of sp³-hybridized carbons (Fsp3) is 0.235. The Morgan fingerprint density at radius 3 is 2.35 bits per heavy atom. The molecule has 3 aromatic rings. The van der Waals surface area contributed by atoms with Crippen LogP contribution >= 0.6 is 0 Å². The number of ether oxygens (including phenoxy) is 1. The van der Waals surface area contributed by atoms with Crippen LogP contribution in [0.3, 0.4) is 0 Å². The van der Waals surface area contributed by atoms with E-state index in [2.05, 4.69) is 10.2 Å². The molecule has 1 aliphatic heterocycles. The van der Waals surface area contributed by atoms with Crippen molar-refractivity contribution in [2.45, 2.75) is 25.8 Å². The van der Waals surface area contributed by atoms with Crippen molar-refractivity contribution in [3.05, 3.63) is 126 Å². The highest BCUT2D eigenvalue weighted by Crippen LogP contribution is 2.27. The summed E-state index contributed by atoms with van der Waals surface area (Å²) in [4.78, 5) is 30.4. The first-order valence-corrected chi connectivity index (χ1v) is 13.8. The summed E-state index contributed by atoms with van der Waals surface area (Å²) in [5.41, 5.74) is 5.06. The summed E-state index contributed by atoms with van der Waals surface area (Å²) in [6.07, 6.45) is 10.5. The highest BCUT2D eigenvalue weighted by Gasteiger charge is 2.23. The second-order valence-electron chi connectivity index (χ2n) is 10.1. The van der Waals surface area contributed by atoms with E-state index in [1.54, 1.807) is 13.2 Å². The molecule has 6 heteroatoms. The lowest BCUT2D eigenvalue weighted by Crippen LogP contribution is -2.31. The Morgan fingerprint density at radius 1 is 0.925 bits per heavy atom. The number of nitrogens with one attached hydrogen (secondary N) is 1. The zero-order chi connectivity index (χ0) is 27.7. The molecule has 2 aliphatic rings. The second-order valence-corrected chi connectivity index (χ2v) is 10.1. The molecule has 6 nitrogen and oxygen atoms in total. The molecular formula is C34H35N3O3. The molecule has 1 fully saturated rings. The SMILES string of the molecule is COc1ccc(CN(C(=O)C2=CC=C(Nc3ccc(C(=O)/C=C/CN4CCCC4)cc3)C2)c2ccccc2)cc1. The number of carbonyl (C=O) groups excluding carboxylic acids is 2. The maximum Gasteiger partial charge on any atom is 0.254 e. The number of amides is 1. The van der Waals surface area contributed by atoms with Crippen LogP contribution in [0.5, 0.6) is 5.75 Å². The van der Waals surface area contributed by atoms with E-state index in [9.17, 15) is 9.59 Å². The van der Waals surface area contributed by atoms with E-state index < -0.39 is 0 Å². The Kier molecular flexibility index (Phi) is 8.89. The van der Waals surface area contributed by atoms with Crippen molar-refractivity contribution in [3.8, 4) is 5.75 Å². The van der Waals surface area contributed by atoms with E-state index >= 15 is 0 Å². The lowest BCUT2D eigenvalue weighted by molar-refractivity contribution is -0.115. The molecule has 1 heterocycles. The average Bonchev–Trinajstić information content (AvgIpc) is 3.69. The minimum absolute atomic E-state index is 0.0123. The van der Waals surface area contributed by atoms with Crippen LogP contribution < -0.4 is 15.0 Å². The number of allylic oxidation sites excluding steroid dienone is 4. The van der Waals surface area contributed by atoms with E-state index in [0.717, 1.165) is 53.6 Å². The van der Waals surface area contributed by atoms with E-state index in [-0.39, 0.29) is 11.7 Å². The minimum Gasteiger partial charge on any atom is -0.497 e. The van der Waals surface area contributed by atoms with Gasteiger partial charge in [0.25, 0.3) is 5.91 Å². The standard InChI is InChI=1S/C34H35N3O3/c1-40-32-19-11-26(12-20-32)25-37(31-8-3-2-4-9-31)34(39)28-15-18-30(24-28)35-29-16-13-27(14-17-29)33(38)10-7-23-36-21-5-6-22-36/h2-4,7-20,35H,5-6,21-25H2,1H3/b10-7+. The number of anilines is 2. The largest absolute Gasteiger partial charge is 0.497 e. The fourth-order valence-corrected chi connectivity index (χ4v) is 5.01. The number of nitrogens with zero attached hydrogens (tertiary/aromatic N) is 2. The molecule has 1 amide bonds. The van der Waals surface area contributed by atoms with Crippen molar-refractivity contribution < 1.29 is 14.3 Å². The highest BCUT2D eigenvalue weighted by atomic mass is 16.5. The summed E-state index contributed by atoms with van der Waals surface area (Å²) in [5, 5.41) is 3.40. The number of methoxy groups -OCH3 is 1. The minimum atomic E-state index is -0.0308. The quantitative estimate of drug-likeness (QED) is 0.229. The van der Waals surface area contributed by atoms with Gasteiger partial charge in [-0.3, -0.25) is 14.5 Å². The normalized spacial score (nSPS) is 15.1. The Hall–Kier alpha value is -4.42. The average molecular weight is 534 g/mol. The van der Waals surface area contributed by atoms with E-state index in [1.807, 2.05) is 102 Å². The zero-order valence-electron chi connectivity index (χ0n) is 22.9. The first kappa shape index (κ1) is 27.2. The van der Waals surface area contributed by atoms with E-state index in [0.29, 0.717) is 18.5 Å². The van der Waals surface area contributed by atoms with Crippen molar-refractivity contribution in [2.24, 2.45) is 0 Å². The van der Waals surface area contributed by atoms with Gasteiger partial charge in [0, 0.05) is 41.2 Å². The van der Waals surface area contributed by atoms with Crippen molar-refractivity contribution in [1.82, 2.24) is 4.90 Å². The van der Waals surface area contributed by atoms with E-state index in [4.69, 9.17) is 4.74 Å². The third kappa shape index (κ3) is 6.96. The summed E-state index contributed by atoms with van der Waals surface area (Å²) in [5.74, 6) is 0.765. The van der Waals surface area contributed by atoms with Crippen molar-refractivity contribution in [2.75, 3.05) is 37.0 Å². The number of benzene rings is 3. The second kappa shape index (κ2) is 13.1. The first-order valence-electron chi connectivity index (χ1n) is 13.8. The lowest BCUT2D eigenvalue weighted by Gasteiger charge is -2.24. The molecule has 1 saturated heterocycles. The molecular weight excluding hydrogens is 498 g/mol. The summed E-state index contributed by atoms with van der Waals surface area (Å²) in [7, 11) is 1.64. The van der Waals surface area contributed by atoms with Crippen LogP contribution in [0.2, 0.25) is 0 Å². The molecule has 204 valence electrons. The third-order valence-corrected chi connectivity index (χ3v) is 7.26. The summed E-state index contributed by atoms with van der Waals surface area (Å²) >= 11 is 0. The van der Waals surface area contributed by atoms with Crippen LogP contribution in [0.1, 0.15) is 35.2 Å². The van der Waals surface area contributed by atoms with Gasteiger partial charge in [0.2, 0.25) is 0 Å². The molecule has 0 unspecified atom stereocenters. The molecule has 0 bridgehead atoms. The van der Waals surface area contributed by atoms with Crippen LogP contribution in [0.4, 0.5) is 11.4 Å². The van der Waals surface area contributed by atoms with E-state index in [1.165, 1.54) is 12.8 Å². The highest BCUT2D eigenvalue weighted by molar-refractivity contribution is 6.06. The molecule has 0 aromatic heterocycles. The molecule has 40 heavy (non-hydrogen) atoms. The number of carbonyl (C=O) groups is 2. The number of rotatable bonds is 11. The number of hydrogen-bond acceptors (Lipinski definition) is 5. The Labute approximate surface area is 236 Å². The van der Waals surface area contributed by atoms with Gasteiger partial charge in [0.15, 0.2) is 5.78 Å². The molecule has 0 spiro atoms. The van der Waals surface area contributed by atoms with Gasteiger partial charge in [-0.2, -0.15) is 0 Å².